The van der Waals surface area contributed by atoms with Crippen LogP contribution in [0.1, 0.15) is 5.56 Å². The molecule has 3 heteroatoms. The quantitative estimate of drug-likeness (QED) is 0.907. The second-order valence-corrected chi connectivity index (χ2v) is 5.10. The van der Waals surface area contributed by atoms with Gasteiger partial charge >= 0.3 is 0 Å². The van der Waals surface area contributed by atoms with Gasteiger partial charge in [0.1, 0.15) is 0 Å². The molecule has 0 radical (unpaired) electrons. The largest absolute Gasteiger partial charge is 0.298 e. The summed E-state index contributed by atoms with van der Waals surface area (Å²) in [6.07, 6.45) is 2.20. The van der Waals surface area contributed by atoms with Crippen LogP contribution in [0.3, 0.4) is 0 Å². The molecule has 90 valence electrons. The van der Waals surface area contributed by atoms with Gasteiger partial charge < -0.3 is 0 Å². The van der Waals surface area contributed by atoms with Crippen molar-refractivity contribution >= 4 is 27.3 Å². The highest BCUT2D eigenvalue weighted by Gasteiger charge is 2.14. The monoisotopic (exact) mass is 300 g/mol. The molecule has 3 rings (SSSR count). The lowest BCUT2D eigenvalue weighted by molar-refractivity contribution is 0.852. The molecule has 0 bridgehead atoms. The Kier molecular flexibility index (Phi) is 3.07. The van der Waals surface area contributed by atoms with Crippen molar-refractivity contribution < 1.29 is 0 Å². The summed E-state index contributed by atoms with van der Waals surface area (Å²) in [5.41, 5.74) is 6.97. The van der Waals surface area contributed by atoms with E-state index in [1.54, 1.807) is 0 Å². The van der Waals surface area contributed by atoms with Crippen molar-refractivity contribution in [3.8, 4) is 0 Å². The van der Waals surface area contributed by atoms with Crippen LogP contribution < -0.4 is 10.4 Å². The predicted octanol–water partition coefficient (Wildman–Crippen LogP) is 3.81. The molecule has 0 fully saturated rings. The highest BCUT2D eigenvalue weighted by molar-refractivity contribution is 9.10. The van der Waals surface area contributed by atoms with Crippen LogP contribution in [0.15, 0.2) is 65.1 Å². The minimum atomic E-state index is 0.884. The second kappa shape index (κ2) is 4.86. The molecule has 0 aliphatic carbocycles. The van der Waals surface area contributed by atoms with Gasteiger partial charge in [0.15, 0.2) is 0 Å². The Bertz CT molecular complexity index is 561. The molecule has 0 amide bonds. The summed E-state index contributed by atoms with van der Waals surface area (Å²) < 4.78 is 1.10. The van der Waals surface area contributed by atoms with E-state index in [2.05, 4.69) is 81.0 Å². The fourth-order valence-electron chi connectivity index (χ4n) is 2.01. The molecular formula is C15H13BrN2. The van der Waals surface area contributed by atoms with Gasteiger partial charge in [0.2, 0.25) is 0 Å². The molecule has 1 aliphatic rings. The summed E-state index contributed by atoms with van der Waals surface area (Å²) in [7, 11) is 0. The first-order valence-corrected chi connectivity index (χ1v) is 6.67. The molecule has 0 unspecified atom stereocenters. The van der Waals surface area contributed by atoms with Crippen LogP contribution in [-0.2, 0) is 0 Å². The molecule has 0 aromatic heterocycles. The maximum atomic E-state index is 3.45. The molecule has 18 heavy (non-hydrogen) atoms. The van der Waals surface area contributed by atoms with Gasteiger partial charge in [0, 0.05) is 4.47 Å². The minimum absolute atomic E-state index is 0.884. The van der Waals surface area contributed by atoms with Gasteiger partial charge in [-0.3, -0.25) is 10.4 Å². The van der Waals surface area contributed by atoms with E-state index in [9.17, 15) is 0 Å². The predicted molar refractivity (Wildman–Crippen MR) is 79.0 cm³/mol. The number of anilines is 1. The lowest BCUT2D eigenvalue weighted by Gasteiger charge is -2.20. The van der Waals surface area contributed by atoms with Crippen molar-refractivity contribution in [2.24, 2.45) is 0 Å². The van der Waals surface area contributed by atoms with E-state index in [-0.39, 0.29) is 0 Å². The third-order valence-electron chi connectivity index (χ3n) is 2.96. The normalized spacial score (nSPS) is 14.3. The van der Waals surface area contributed by atoms with E-state index in [4.69, 9.17) is 0 Å². The fourth-order valence-corrected chi connectivity index (χ4v) is 2.27. The van der Waals surface area contributed by atoms with Crippen LogP contribution in [0.2, 0.25) is 0 Å². The molecule has 0 spiro atoms. The Morgan fingerprint density at radius 3 is 2.39 bits per heavy atom. The third kappa shape index (κ3) is 2.27. The number of nitrogens with one attached hydrogen (secondary N) is 1. The summed E-state index contributed by atoms with van der Waals surface area (Å²) in [4.78, 5) is 0. The van der Waals surface area contributed by atoms with Crippen molar-refractivity contribution in [3.63, 3.8) is 0 Å². The van der Waals surface area contributed by atoms with E-state index in [0.717, 1.165) is 16.7 Å². The molecule has 1 aliphatic heterocycles. The molecular weight excluding hydrogens is 288 g/mol. The molecule has 0 saturated heterocycles. The Labute approximate surface area is 115 Å². The molecule has 2 aromatic carbocycles. The Morgan fingerprint density at radius 2 is 1.67 bits per heavy atom. The number of para-hydroxylation sites is 1. The second-order valence-electron chi connectivity index (χ2n) is 4.18. The van der Waals surface area contributed by atoms with Crippen LogP contribution in [0.25, 0.3) is 5.70 Å². The van der Waals surface area contributed by atoms with Crippen LogP contribution in [0, 0.1) is 0 Å². The lowest BCUT2D eigenvalue weighted by Crippen LogP contribution is -2.31. The Morgan fingerprint density at radius 1 is 0.944 bits per heavy atom. The average Bonchev–Trinajstić information content (AvgIpc) is 2.90. The van der Waals surface area contributed by atoms with Crippen LogP contribution in [-0.4, -0.2) is 6.54 Å². The average molecular weight is 301 g/mol. The van der Waals surface area contributed by atoms with Gasteiger partial charge in [-0.15, -0.1) is 0 Å². The standard InChI is InChI=1S/C15H13BrN2/c16-13-8-6-12(7-9-13)15-10-11-18(17-15)14-4-2-1-3-5-14/h1-10,17H,11H2. The minimum Gasteiger partial charge on any atom is -0.298 e. The first kappa shape index (κ1) is 11.4. The zero-order valence-electron chi connectivity index (χ0n) is 9.81. The van der Waals surface area contributed by atoms with Gasteiger partial charge in [-0.05, 0) is 35.9 Å². The molecule has 0 saturated carbocycles. The van der Waals surface area contributed by atoms with Gasteiger partial charge in [-0.2, -0.15) is 0 Å². The van der Waals surface area contributed by atoms with Crippen molar-refractivity contribution in [1.82, 2.24) is 5.43 Å². The van der Waals surface area contributed by atoms with Crippen molar-refractivity contribution in [2.75, 3.05) is 11.6 Å². The molecule has 0 atom stereocenters. The van der Waals surface area contributed by atoms with Crippen LogP contribution in [0.5, 0.6) is 0 Å². The van der Waals surface area contributed by atoms with Crippen molar-refractivity contribution in [2.45, 2.75) is 0 Å². The van der Waals surface area contributed by atoms with Crippen LogP contribution in [0.4, 0.5) is 5.69 Å². The van der Waals surface area contributed by atoms with E-state index in [1.165, 1.54) is 11.3 Å². The van der Waals surface area contributed by atoms with Crippen LogP contribution >= 0.6 is 15.9 Å². The zero-order valence-corrected chi connectivity index (χ0v) is 11.4. The number of rotatable bonds is 2. The molecule has 1 heterocycles. The lowest BCUT2D eigenvalue weighted by atomic mass is 10.2. The SMILES string of the molecule is Brc1ccc(C2=CCN(c3ccccc3)N2)cc1. The van der Waals surface area contributed by atoms with Gasteiger partial charge in [0.05, 0.1) is 17.9 Å². The van der Waals surface area contributed by atoms with E-state index in [1.807, 2.05) is 6.07 Å². The zero-order chi connectivity index (χ0) is 12.4. The van der Waals surface area contributed by atoms with Gasteiger partial charge in [0.25, 0.3) is 0 Å². The number of hydrogen-bond donors (Lipinski definition) is 1. The van der Waals surface area contributed by atoms with Gasteiger partial charge in [-0.1, -0.05) is 46.3 Å². The van der Waals surface area contributed by atoms with E-state index < -0.39 is 0 Å². The molecule has 2 nitrogen and oxygen atoms in total. The number of benzene rings is 2. The highest BCUT2D eigenvalue weighted by Crippen LogP contribution is 2.22. The van der Waals surface area contributed by atoms with E-state index in [0.29, 0.717) is 0 Å². The summed E-state index contributed by atoms with van der Waals surface area (Å²) in [6, 6.07) is 18.7. The summed E-state index contributed by atoms with van der Waals surface area (Å²) in [5, 5.41) is 2.14. The maximum Gasteiger partial charge on any atom is 0.0598 e. The summed E-state index contributed by atoms with van der Waals surface area (Å²) >= 11 is 3.45. The smallest absolute Gasteiger partial charge is 0.0598 e. The highest BCUT2D eigenvalue weighted by atomic mass is 79.9. The summed E-state index contributed by atoms with van der Waals surface area (Å²) in [5.74, 6) is 0. The number of halogens is 1. The third-order valence-corrected chi connectivity index (χ3v) is 3.49. The van der Waals surface area contributed by atoms with E-state index >= 15 is 0 Å². The first-order chi connectivity index (χ1) is 8.83. The Balaban J connectivity index is 1.77. The number of hydrazine groups is 1. The number of hydrogen-bond acceptors (Lipinski definition) is 2. The summed E-state index contributed by atoms with van der Waals surface area (Å²) in [6.45, 7) is 0.884. The van der Waals surface area contributed by atoms with Crippen molar-refractivity contribution in [3.05, 3.63) is 70.7 Å². The molecule has 1 N–H and O–H groups in total. The first-order valence-electron chi connectivity index (χ1n) is 5.88. The van der Waals surface area contributed by atoms with Gasteiger partial charge in [-0.25, -0.2) is 0 Å². The fraction of sp³-hybridized carbons (Fsp3) is 0.0667. The maximum absolute atomic E-state index is 3.45. The number of nitrogens with zero attached hydrogens (tertiary/aromatic N) is 1. The van der Waals surface area contributed by atoms with Crippen molar-refractivity contribution in [1.29, 1.82) is 0 Å². The topological polar surface area (TPSA) is 15.3 Å². The molecule has 2 aromatic rings. The Hall–Kier alpha value is -1.74.